The van der Waals surface area contributed by atoms with Crippen molar-refractivity contribution < 1.29 is 23.8 Å². The van der Waals surface area contributed by atoms with Crippen molar-refractivity contribution in [1.29, 1.82) is 0 Å². The maximum atomic E-state index is 13.6. The van der Waals surface area contributed by atoms with Crippen molar-refractivity contribution in [3.63, 3.8) is 0 Å². The minimum Gasteiger partial charge on any atom is -0.491 e. The summed E-state index contributed by atoms with van der Waals surface area (Å²) in [5.41, 5.74) is 2.07. The second kappa shape index (κ2) is 10.7. The molecule has 2 fully saturated rings. The molecule has 2 aromatic heterocycles. The average molecular weight is 545 g/mol. The van der Waals surface area contributed by atoms with Crippen LogP contribution < -0.4 is 25.2 Å². The number of carbonyl (C=O) groups excluding carboxylic acids is 2. The van der Waals surface area contributed by atoms with Crippen molar-refractivity contribution in [2.75, 3.05) is 41.4 Å². The number of fused-ring (bicyclic) bond motifs is 4. The number of aromatic nitrogens is 2. The molecule has 6 rings (SSSR count). The Hall–Kier alpha value is -4.22. The van der Waals surface area contributed by atoms with Gasteiger partial charge < -0.3 is 24.4 Å². The van der Waals surface area contributed by atoms with Crippen LogP contribution in [-0.2, 0) is 16.0 Å². The van der Waals surface area contributed by atoms with E-state index in [0.717, 1.165) is 24.2 Å². The van der Waals surface area contributed by atoms with Gasteiger partial charge in [0.2, 0.25) is 0 Å². The lowest BCUT2D eigenvalue weighted by atomic mass is 10.1. The fourth-order valence-electron chi connectivity index (χ4n) is 5.24. The number of nitrogens with zero attached hydrogens (tertiary/aromatic N) is 4. The zero-order chi connectivity index (χ0) is 27.7. The summed E-state index contributed by atoms with van der Waals surface area (Å²) in [6.45, 7) is 6.41. The Balaban J connectivity index is 1.15. The first-order valence-corrected chi connectivity index (χ1v) is 13.4. The molecule has 5 heterocycles. The maximum absolute atomic E-state index is 13.6. The van der Waals surface area contributed by atoms with Crippen molar-refractivity contribution in [1.82, 2.24) is 15.3 Å². The molecule has 3 aliphatic rings. The highest BCUT2D eigenvalue weighted by Gasteiger charge is 2.40. The van der Waals surface area contributed by atoms with Crippen LogP contribution in [-0.4, -0.2) is 66.1 Å². The summed E-state index contributed by atoms with van der Waals surface area (Å²) in [6.07, 6.45) is 2.20. The van der Waals surface area contributed by atoms with Gasteiger partial charge in [-0.2, -0.15) is 0 Å². The molecule has 2 atom stereocenters. The van der Waals surface area contributed by atoms with Gasteiger partial charge in [-0.05, 0) is 44.0 Å². The highest BCUT2D eigenvalue weighted by Crippen LogP contribution is 2.39. The number of hydrogen-bond donors (Lipinski definition) is 2. The fraction of sp³-hybridized carbons (Fsp3) is 0.379. The molecule has 0 radical (unpaired) electrons. The lowest BCUT2D eigenvalue weighted by molar-refractivity contribution is -0.141. The van der Waals surface area contributed by atoms with Gasteiger partial charge in [0.1, 0.15) is 30.0 Å². The largest absolute Gasteiger partial charge is 0.491 e. The Morgan fingerprint density at radius 3 is 2.80 bits per heavy atom. The quantitative estimate of drug-likeness (QED) is 0.464. The predicted octanol–water partition coefficient (Wildman–Crippen LogP) is 3.57. The van der Waals surface area contributed by atoms with Crippen molar-refractivity contribution >= 4 is 29.3 Å². The number of pyridine rings is 2. The number of carbonyl (C=O) groups is 2. The SMILES string of the molecule is CC1(C)OC[C@H](COc2ccnc(NC(=O)N3c4nc(C(=O)NCc5ccccc5)ccc4N4CC[C@H]3C4)c2)O1. The summed E-state index contributed by atoms with van der Waals surface area (Å²) in [5, 5.41) is 5.81. The molecule has 0 spiro atoms. The van der Waals surface area contributed by atoms with Crippen molar-refractivity contribution in [3.05, 3.63) is 72.1 Å². The molecule has 3 aromatic rings. The van der Waals surface area contributed by atoms with Crippen LogP contribution in [0.25, 0.3) is 0 Å². The molecule has 0 unspecified atom stereocenters. The number of benzene rings is 1. The van der Waals surface area contributed by atoms with Gasteiger partial charge in [0.05, 0.1) is 18.3 Å². The molecular weight excluding hydrogens is 512 g/mol. The third kappa shape index (κ3) is 5.56. The van der Waals surface area contributed by atoms with Crippen LogP contribution in [0.3, 0.4) is 0 Å². The van der Waals surface area contributed by atoms with Gasteiger partial charge in [-0.15, -0.1) is 0 Å². The molecule has 1 aromatic carbocycles. The first-order chi connectivity index (χ1) is 19.3. The number of nitrogens with one attached hydrogen (secondary N) is 2. The van der Waals surface area contributed by atoms with E-state index in [2.05, 4.69) is 25.5 Å². The third-order valence-corrected chi connectivity index (χ3v) is 7.17. The van der Waals surface area contributed by atoms with Crippen molar-refractivity contribution in [2.45, 2.75) is 44.7 Å². The van der Waals surface area contributed by atoms with E-state index < -0.39 is 5.79 Å². The van der Waals surface area contributed by atoms with E-state index >= 15 is 0 Å². The zero-order valence-corrected chi connectivity index (χ0v) is 22.5. The molecule has 40 heavy (non-hydrogen) atoms. The second-order valence-electron chi connectivity index (χ2n) is 10.5. The molecular formula is C29H32N6O5. The molecule has 11 nitrogen and oxygen atoms in total. The summed E-state index contributed by atoms with van der Waals surface area (Å²) in [6, 6.07) is 16.2. The molecule has 11 heteroatoms. The van der Waals surface area contributed by atoms with Crippen LogP contribution in [0.2, 0.25) is 0 Å². The molecule has 2 saturated heterocycles. The van der Waals surface area contributed by atoms with E-state index in [0.29, 0.717) is 43.7 Å². The Morgan fingerprint density at radius 2 is 2.00 bits per heavy atom. The number of ether oxygens (including phenoxy) is 3. The summed E-state index contributed by atoms with van der Waals surface area (Å²) in [5.74, 6) is 0.450. The van der Waals surface area contributed by atoms with Gasteiger partial charge in [0, 0.05) is 31.9 Å². The summed E-state index contributed by atoms with van der Waals surface area (Å²) >= 11 is 0. The topological polar surface area (TPSA) is 118 Å². The van der Waals surface area contributed by atoms with Crippen molar-refractivity contribution in [3.8, 4) is 5.75 Å². The first kappa shape index (κ1) is 26.0. The minimum absolute atomic E-state index is 0.0649. The molecule has 208 valence electrons. The Labute approximate surface area is 232 Å². The first-order valence-electron chi connectivity index (χ1n) is 13.4. The Bertz CT molecular complexity index is 1400. The monoisotopic (exact) mass is 544 g/mol. The van der Waals surface area contributed by atoms with Gasteiger partial charge in [0.15, 0.2) is 11.6 Å². The number of hydrogen-bond acceptors (Lipinski definition) is 8. The molecule has 2 N–H and O–H groups in total. The van der Waals surface area contributed by atoms with Crippen LogP contribution in [0, 0.1) is 0 Å². The van der Waals surface area contributed by atoms with Gasteiger partial charge >= 0.3 is 6.03 Å². The number of rotatable bonds is 7. The lowest BCUT2D eigenvalue weighted by Gasteiger charge is -2.35. The van der Waals surface area contributed by atoms with E-state index in [1.165, 1.54) is 0 Å². The molecule has 2 bridgehead atoms. The third-order valence-electron chi connectivity index (χ3n) is 7.17. The summed E-state index contributed by atoms with van der Waals surface area (Å²) in [4.78, 5) is 39.3. The molecule has 0 saturated carbocycles. The summed E-state index contributed by atoms with van der Waals surface area (Å²) < 4.78 is 17.3. The second-order valence-corrected chi connectivity index (χ2v) is 10.5. The van der Waals surface area contributed by atoms with Crippen molar-refractivity contribution in [2.24, 2.45) is 0 Å². The predicted molar refractivity (Wildman–Crippen MR) is 149 cm³/mol. The smallest absolute Gasteiger partial charge is 0.329 e. The molecule has 0 aliphatic carbocycles. The normalized spacial score (nSPS) is 20.6. The van der Waals surface area contributed by atoms with Crippen LogP contribution in [0.4, 0.5) is 22.1 Å². The van der Waals surface area contributed by atoms with Crippen LogP contribution in [0.1, 0.15) is 36.3 Å². The molecule has 3 aliphatic heterocycles. The fourth-order valence-corrected chi connectivity index (χ4v) is 5.24. The van der Waals surface area contributed by atoms with Crippen LogP contribution in [0.5, 0.6) is 5.75 Å². The van der Waals surface area contributed by atoms with Crippen LogP contribution >= 0.6 is 0 Å². The van der Waals surface area contributed by atoms with E-state index in [4.69, 9.17) is 14.2 Å². The Morgan fingerprint density at radius 1 is 1.15 bits per heavy atom. The standard InChI is InChI=1S/C29H32N6O5/c1-29(2)39-18-22(40-29)17-38-21-10-12-30-25(14-21)33-28(37)35-20-11-13-34(16-20)24-9-8-23(32-26(24)35)27(36)31-15-19-6-4-3-5-7-19/h3-10,12,14,20,22H,11,13,15-18H2,1-2H3,(H,31,36)(H,30,33,37)/t20-,22-/m0/s1. The van der Waals surface area contributed by atoms with E-state index in [1.54, 1.807) is 29.3 Å². The maximum Gasteiger partial charge on any atom is 0.329 e. The number of anilines is 3. The van der Waals surface area contributed by atoms with E-state index in [9.17, 15) is 9.59 Å². The molecule has 3 amide bonds. The Kier molecular flexibility index (Phi) is 6.99. The van der Waals surface area contributed by atoms with E-state index in [-0.39, 0.29) is 29.8 Å². The van der Waals surface area contributed by atoms with Gasteiger partial charge in [-0.3, -0.25) is 15.0 Å². The zero-order valence-electron chi connectivity index (χ0n) is 22.5. The summed E-state index contributed by atoms with van der Waals surface area (Å²) in [7, 11) is 0. The van der Waals surface area contributed by atoms with Gasteiger partial charge in [-0.1, -0.05) is 30.3 Å². The van der Waals surface area contributed by atoms with E-state index in [1.807, 2.05) is 50.2 Å². The highest BCUT2D eigenvalue weighted by molar-refractivity contribution is 6.05. The average Bonchev–Trinajstić information content (AvgIpc) is 3.54. The number of amides is 3. The minimum atomic E-state index is -0.623. The highest BCUT2D eigenvalue weighted by atomic mass is 16.7. The van der Waals surface area contributed by atoms with Gasteiger partial charge in [0.25, 0.3) is 5.91 Å². The lowest BCUT2D eigenvalue weighted by Crippen LogP contribution is -2.48. The van der Waals surface area contributed by atoms with Crippen LogP contribution in [0.15, 0.2) is 60.8 Å². The number of urea groups is 1. The van der Waals surface area contributed by atoms with Gasteiger partial charge in [-0.25, -0.2) is 14.8 Å².